The third-order valence-corrected chi connectivity index (χ3v) is 6.51. The molecular formula is C29H24ClN3O3S. The van der Waals surface area contributed by atoms with E-state index in [4.69, 9.17) is 33.0 Å². The lowest BCUT2D eigenvalue weighted by Gasteiger charge is -2.14. The van der Waals surface area contributed by atoms with E-state index in [0.717, 1.165) is 22.8 Å². The molecule has 1 amide bonds. The molecule has 5 aromatic rings. The number of halogens is 1. The van der Waals surface area contributed by atoms with Crippen molar-refractivity contribution in [1.82, 2.24) is 10.3 Å². The van der Waals surface area contributed by atoms with Gasteiger partial charge >= 0.3 is 0 Å². The molecule has 37 heavy (non-hydrogen) atoms. The zero-order chi connectivity index (χ0) is 25.9. The molecule has 0 aliphatic heterocycles. The fourth-order valence-electron chi connectivity index (χ4n) is 3.94. The summed E-state index contributed by atoms with van der Waals surface area (Å²) in [6.45, 7) is 4.03. The number of fused-ring (bicyclic) bond motifs is 2. The molecule has 0 saturated carbocycles. The number of benzene rings is 4. The van der Waals surface area contributed by atoms with Gasteiger partial charge in [-0.25, -0.2) is 4.98 Å². The normalized spacial score (nSPS) is 11.9. The highest BCUT2D eigenvalue weighted by atomic mass is 35.5. The Balaban J connectivity index is 1.31. The molecule has 1 aromatic heterocycles. The molecule has 186 valence electrons. The van der Waals surface area contributed by atoms with Crippen LogP contribution in [0.4, 0.5) is 5.69 Å². The van der Waals surface area contributed by atoms with E-state index in [1.165, 1.54) is 0 Å². The highest BCUT2D eigenvalue weighted by Gasteiger charge is 2.14. The van der Waals surface area contributed by atoms with Crippen LogP contribution in [0, 0.1) is 0 Å². The number of aromatic nitrogens is 1. The van der Waals surface area contributed by atoms with Gasteiger partial charge in [-0.1, -0.05) is 48.9 Å². The minimum Gasteiger partial charge on any atom is -0.491 e. The molecule has 1 atom stereocenters. The molecule has 6 nitrogen and oxygen atoms in total. The van der Waals surface area contributed by atoms with Crippen LogP contribution >= 0.6 is 23.8 Å². The largest absolute Gasteiger partial charge is 0.491 e. The molecule has 0 aliphatic carbocycles. The summed E-state index contributed by atoms with van der Waals surface area (Å²) in [5.41, 5.74) is 3.27. The van der Waals surface area contributed by atoms with Crippen molar-refractivity contribution >= 4 is 62.4 Å². The summed E-state index contributed by atoms with van der Waals surface area (Å²) in [5, 5.41) is 8.50. The number of carbonyl (C=O) groups excluding carboxylic acids is 1. The van der Waals surface area contributed by atoms with Crippen molar-refractivity contribution in [2.75, 3.05) is 5.32 Å². The van der Waals surface area contributed by atoms with E-state index < -0.39 is 0 Å². The number of oxazole rings is 1. The van der Waals surface area contributed by atoms with Crippen LogP contribution in [-0.2, 0) is 0 Å². The highest BCUT2D eigenvalue weighted by Crippen LogP contribution is 2.34. The zero-order valence-electron chi connectivity index (χ0n) is 20.2. The number of rotatable bonds is 6. The predicted octanol–water partition coefficient (Wildman–Crippen LogP) is 7.61. The van der Waals surface area contributed by atoms with Crippen molar-refractivity contribution in [2.24, 2.45) is 0 Å². The average molecular weight is 530 g/mol. The monoisotopic (exact) mass is 529 g/mol. The van der Waals surface area contributed by atoms with Crippen LogP contribution < -0.4 is 15.4 Å². The number of hydrogen-bond acceptors (Lipinski definition) is 5. The molecule has 8 heteroatoms. The van der Waals surface area contributed by atoms with Crippen molar-refractivity contribution in [3.63, 3.8) is 0 Å². The van der Waals surface area contributed by atoms with Crippen LogP contribution in [0.1, 0.15) is 30.6 Å². The molecule has 0 spiro atoms. The minimum absolute atomic E-state index is 0.0615. The number of nitrogens with zero attached hydrogens (tertiary/aromatic N) is 1. The number of nitrogens with one attached hydrogen (secondary N) is 2. The molecule has 0 fully saturated rings. The number of amides is 1. The van der Waals surface area contributed by atoms with Crippen molar-refractivity contribution in [2.45, 2.75) is 26.4 Å². The van der Waals surface area contributed by atoms with Gasteiger partial charge in [0.05, 0.1) is 6.10 Å². The first-order chi connectivity index (χ1) is 17.9. The van der Waals surface area contributed by atoms with Gasteiger partial charge in [-0.15, -0.1) is 0 Å². The predicted molar refractivity (Wildman–Crippen MR) is 152 cm³/mol. The Hall–Kier alpha value is -3.94. The van der Waals surface area contributed by atoms with Crippen LogP contribution in [0.2, 0.25) is 5.02 Å². The number of hydrogen-bond donors (Lipinski definition) is 2. The molecule has 0 unspecified atom stereocenters. The maximum Gasteiger partial charge on any atom is 0.257 e. The second kappa shape index (κ2) is 10.6. The van der Waals surface area contributed by atoms with E-state index in [1.807, 2.05) is 74.5 Å². The maximum atomic E-state index is 12.7. The summed E-state index contributed by atoms with van der Waals surface area (Å²) < 4.78 is 11.8. The Morgan fingerprint density at radius 2 is 1.84 bits per heavy atom. The minimum atomic E-state index is -0.327. The van der Waals surface area contributed by atoms with Crippen LogP contribution in [-0.4, -0.2) is 22.1 Å². The van der Waals surface area contributed by atoms with Gasteiger partial charge in [0.25, 0.3) is 5.91 Å². The summed E-state index contributed by atoms with van der Waals surface area (Å²) in [7, 11) is 0. The summed E-state index contributed by atoms with van der Waals surface area (Å²) in [6, 6.07) is 24.1. The molecule has 0 saturated heterocycles. The van der Waals surface area contributed by atoms with Crippen LogP contribution in [0.15, 0.2) is 83.3 Å². The van der Waals surface area contributed by atoms with Gasteiger partial charge in [0, 0.05) is 27.2 Å². The van der Waals surface area contributed by atoms with Gasteiger partial charge in [0.15, 0.2) is 10.7 Å². The SMILES string of the molecule is CC[C@H](C)Oc1cccc(C(=O)NC(=S)Nc2ccc3oc(-c4cccc5c(Cl)cccc45)nc3c2)c1. The molecule has 0 bridgehead atoms. The first-order valence-electron chi connectivity index (χ1n) is 11.9. The van der Waals surface area contributed by atoms with E-state index in [9.17, 15) is 4.79 Å². The van der Waals surface area contributed by atoms with Gasteiger partial charge in [-0.2, -0.15) is 0 Å². The van der Waals surface area contributed by atoms with E-state index in [1.54, 1.807) is 18.2 Å². The Morgan fingerprint density at radius 3 is 2.68 bits per heavy atom. The van der Waals surface area contributed by atoms with Gasteiger partial charge < -0.3 is 14.5 Å². The lowest BCUT2D eigenvalue weighted by molar-refractivity contribution is 0.0977. The van der Waals surface area contributed by atoms with E-state index in [0.29, 0.717) is 39.0 Å². The molecule has 2 N–H and O–H groups in total. The van der Waals surface area contributed by atoms with Gasteiger partial charge in [-0.3, -0.25) is 10.1 Å². The van der Waals surface area contributed by atoms with Crippen LogP contribution in [0.3, 0.4) is 0 Å². The van der Waals surface area contributed by atoms with Gasteiger partial charge in [0.1, 0.15) is 11.3 Å². The maximum absolute atomic E-state index is 12.7. The van der Waals surface area contributed by atoms with E-state index in [2.05, 4.69) is 15.6 Å². The first kappa shape index (κ1) is 24.7. The summed E-state index contributed by atoms with van der Waals surface area (Å²) in [4.78, 5) is 17.4. The zero-order valence-corrected chi connectivity index (χ0v) is 21.8. The van der Waals surface area contributed by atoms with Crippen molar-refractivity contribution < 1.29 is 13.9 Å². The van der Waals surface area contributed by atoms with Crippen LogP contribution in [0.25, 0.3) is 33.3 Å². The first-order valence-corrected chi connectivity index (χ1v) is 12.7. The molecular weight excluding hydrogens is 506 g/mol. The topological polar surface area (TPSA) is 76.4 Å². The third-order valence-electron chi connectivity index (χ3n) is 5.98. The van der Waals surface area contributed by atoms with E-state index in [-0.39, 0.29) is 17.1 Å². The van der Waals surface area contributed by atoms with E-state index >= 15 is 0 Å². The summed E-state index contributed by atoms with van der Waals surface area (Å²) in [6.07, 6.45) is 0.935. The summed E-state index contributed by atoms with van der Waals surface area (Å²) in [5.74, 6) is 0.809. The Bertz CT molecular complexity index is 1630. The average Bonchev–Trinajstić information content (AvgIpc) is 3.32. The number of thiocarbonyl (C=S) groups is 1. The standard InChI is InChI=1S/C29H24ClN3O3S/c1-3-17(2)35-20-8-4-7-18(15-20)27(34)33-29(37)31-19-13-14-26-25(16-19)32-28(36-26)23-11-5-10-22-21(23)9-6-12-24(22)30/h4-17H,3H2,1-2H3,(H2,31,33,34,37)/t17-/m0/s1. The molecule has 1 heterocycles. The van der Waals surface area contributed by atoms with Crippen molar-refractivity contribution in [3.05, 3.63) is 89.4 Å². The number of anilines is 1. The smallest absolute Gasteiger partial charge is 0.257 e. The Labute approximate surface area is 224 Å². The third kappa shape index (κ3) is 5.43. The lowest BCUT2D eigenvalue weighted by atomic mass is 10.0. The quantitative estimate of drug-likeness (QED) is 0.220. The molecule has 4 aromatic carbocycles. The van der Waals surface area contributed by atoms with Gasteiger partial charge in [-0.05, 0) is 79.5 Å². The molecule has 5 rings (SSSR count). The second-order valence-electron chi connectivity index (χ2n) is 8.61. The van der Waals surface area contributed by atoms with Crippen molar-refractivity contribution in [1.29, 1.82) is 0 Å². The molecule has 0 aliphatic rings. The Morgan fingerprint density at radius 1 is 1.05 bits per heavy atom. The lowest BCUT2D eigenvalue weighted by Crippen LogP contribution is -2.34. The highest BCUT2D eigenvalue weighted by molar-refractivity contribution is 7.80. The number of ether oxygens (including phenoxy) is 1. The molecule has 0 radical (unpaired) electrons. The fraction of sp³-hybridized carbons (Fsp3) is 0.138. The van der Waals surface area contributed by atoms with Crippen molar-refractivity contribution in [3.8, 4) is 17.2 Å². The van der Waals surface area contributed by atoms with Gasteiger partial charge in [0.2, 0.25) is 5.89 Å². The summed E-state index contributed by atoms with van der Waals surface area (Å²) >= 11 is 11.7. The fourth-order valence-corrected chi connectivity index (χ4v) is 4.39. The van der Waals surface area contributed by atoms with Crippen LogP contribution in [0.5, 0.6) is 5.75 Å². The Kier molecular flexibility index (Phi) is 7.08. The number of carbonyl (C=O) groups is 1. The second-order valence-corrected chi connectivity index (χ2v) is 9.43.